The zero-order valence-electron chi connectivity index (χ0n) is 13.3. The first kappa shape index (κ1) is 16.2. The van der Waals surface area contributed by atoms with Crippen molar-refractivity contribution in [1.82, 2.24) is 14.5 Å². The molecule has 0 atom stereocenters. The van der Waals surface area contributed by atoms with Gasteiger partial charge in [-0.1, -0.05) is 29.3 Å². The number of nitrogens with zero attached hydrogens (tertiary/aromatic N) is 3. The number of benzene rings is 1. The SMILES string of the molecule is Cc1ccc(Cl)c(Cn2c(-c3cccnc3)nc(C)c2C(=O)O)c1. The van der Waals surface area contributed by atoms with Crippen LogP contribution in [0.2, 0.25) is 5.02 Å². The van der Waals surface area contributed by atoms with Crippen LogP contribution in [0.5, 0.6) is 0 Å². The van der Waals surface area contributed by atoms with Crippen LogP contribution >= 0.6 is 11.6 Å². The van der Waals surface area contributed by atoms with Crippen molar-refractivity contribution in [2.45, 2.75) is 20.4 Å². The molecular formula is C18H16ClN3O2. The van der Waals surface area contributed by atoms with Crippen molar-refractivity contribution < 1.29 is 9.90 Å². The van der Waals surface area contributed by atoms with E-state index in [-0.39, 0.29) is 5.69 Å². The smallest absolute Gasteiger partial charge is 0.354 e. The van der Waals surface area contributed by atoms with Crippen LogP contribution in [0.4, 0.5) is 0 Å². The Morgan fingerprint density at radius 1 is 1.29 bits per heavy atom. The van der Waals surface area contributed by atoms with E-state index in [0.717, 1.165) is 16.7 Å². The summed E-state index contributed by atoms with van der Waals surface area (Å²) in [5, 5.41) is 10.2. The summed E-state index contributed by atoms with van der Waals surface area (Å²) in [5.74, 6) is -0.450. The number of rotatable bonds is 4. The van der Waals surface area contributed by atoms with E-state index in [1.807, 2.05) is 31.2 Å². The fraction of sp³-hybridized carbons (Fsp3) is 0.167. The Morgan fingerprint density at radius 2 is 2.08 bits per heavy atom. The summed E-state index contributed by atoms with van der Waals surface area (Å²) < 4.78 is 1.68. The van der Waals surface area contributed by atoms with Crippen LogP contribution in [0.3, 0.4) is 0 Å². The Hall–Kier alpha value is -2.66. The molecule has 0 fully saturated rings. The number of imidazole rings is 1. The largest absolute Gasteiger partial charge is 0.477 e. The Balaban J connectivity index is 2.18. The fourth-order valence-electron chi connectivity index (χ4n) is 2.71. The monoisotopic (exact) mass is 341 g/mol. The number of aromatic carboxylic acids is 1. The molecule has 6 heteroatoms. The number of halogens is 1. The van der Waals surface area contributed by atoms with Crippen molar-refractivity contribution in [2.24, 2.45) is 0 Å². The maximum atomic E-state index is 11.7. The van der Waals surface area contributed by atoms with Crippen molar-refractivity contribution in [2.75, 3.05) is 0 Å². The third-order valence-corrected chi connectivity index (χ3v) is 4.16. The first-order valence-electron chi connectivity index (χ1n) is 7.43. The molecule has 3 aromatic rings. The second-order valence-corrected chi connectivity index (χ2v) is 6.00. The third-order valence-electron chi connectivity index (χ3n) is 3.79. The molecule has 0 amide bonds. The van der Waals surface area contributed by atoms with Crippen molar-refractivity contribution in [3.8, 4) is 11.4 Å². The first-order valence-corrected chi connectivity index (χ1v) is 7.81. The summed E-state index contributed by atoms with van der Waals surface area (Å²) in [6.45, 7) is 3.99. The minimum atomic E-state index is -1.01. The van der Waals surface area contributed by atoms with Gasteiger partial charge in [0.25, 0.3) is 0 Å². The Morgan fingerprint density at radius 3 is 2.75 bits per heavy atom. The van der Waals surface area contributed by atoms with Crippen LogP contribution in [0, 0.1) is 13.8 Å². The van der Waals surface area contributed by atoms with Gasteiger partial charge in [0, 0.05) is 23.0 Å². The minimum absolute atomic E-state index is 0.159. The molecule has 2 aromatic heterocycles. The van der Waals surface area contributed by atoms with Crippen LogP contribution in [-0.2, 0) is 6.54 Å². The quantitative estimate of drug-likeness (QED) is 0.779. The second-order valence-electron chi connectivity index (χ2n) is 5.60. The van der Waals surface area contributed by atoms with Gasteiger partial charge in [-0.05, 0) is 37.6 Å². The summed E-state index contributed by atoms with van der Waals surface area (Å²) in [4.78, 5) is 20.3. The van der Waals surface area contributed by atoms with E-state index in [1.54, 1.807) is 30.0 Å². The van der Waals surface area contributed by atoms with E-state index in [9.17, 15) is 9.90 Å². The zero-order chi connectivity index (χ0) is 17.3. The van der Waals surface area contributed by atoms with Gasteiger partial charge in [0.2, 0.25) is 0 Å². The van der Waals surface area contributed by atoms with E-state index in [2.05, 4.69) is 9.97 Å². The van der Waals surface area contributed by atoms with Crippen LogP contribution < -0.4 is 0 Å². The van der Waals surface area contributed by atoms with Gasteiger partial charge in [-0.2, -0.15) is 0 Å². The first-order chi connectivity index (χ1) is 11.5. The van der Waals surface area contributed by atoms with Crippen LogP contribution in [0.1, 0.15) is 27.3 Å². The normalized spacial score (nSPS) is 10.8. The van der Waals surface area contributed by atoms with Gasteiger partial charge in [-0.3, -0.25) is 4.98 Å². The summed E-state index contributed by atoms with van der Waals surface area (Å²) in [6, 6.07) is 9.35. The lowest BCUT2D eigenvalue weighted by Crippen LogP contribution is -2.12. The van der Waals surface area contributed by atoms with Crippen LogP contribution in [0.25, 0.3) is 11.4 Å². The number of carboxylic acid groups (broad SMARTS) is 1. The molecule has 1 aromatic carbocycles. The molecule has 5 nitrogen and oxygen atoms in total. The third kappa shape index (κ3) is 3.03. The fourth-order valence-corrected chi connectivity index (χ4v) is 2.89. The van der Waals surface area contributed by atoms with E-state index >= 15 is 0 Å². The molecule has 0 saturated heterocycles. The minimum Gasteiger partial charge on any atom is -0.477 e. The van der Waals surface area contributed by atoms with Gasteiger partial charge in [-0.25, -0.2) is 9.78 Å². The Kier molecular flexibility index (Phi) is 4.36. The lowest BCUT2D eigenvalue weighted by molar-refractivity contribution is 0.0685. The highest BCUT2D eigenvalue weighted by Gasteiger charge is 2.21. The Labute approximate surface area is 144 Å². The van der Waals surface area contributed by atoms with E-state index in [1.165, 1.54) is 0 Å². The van der Waals surface area contributed by atoms with Gasteiger partial charge in [0.05, 0.1) is 12.2 Å². The molecule has 122 valence electrons. The number of carboxylic acids is 1. The van der Waals surface area contributed by atoms with Crippen molar-refractivity contribution in [3.63, 3.8) is 0 Å². The highest BCUT2D eigenvalue weighted by Crippen LogP contribution is 2.26. The predicted molar refractivity (Wildman–Crippen MR) is 92.4 cm³/mol. The lowest BCUT2D eigenvalue weighted by atomic mass is 10.1. The van der Waals surface area contributed by atoms with Crippen LogP contribution in [0.15, 0.2) is 42.7 Å². The van der Waals surface area contributed by atoms with Crippen LogP contribution in [-0.4, -0.2) is 25.6 Å². The number of aromatic nitrogens is 3. The molecule has 2 heterocycles. The molecule has 1 N–H and O–H groups in total. The average molecular weight is 342 g/mol. The van der Waals surface area contributed by atoms with E-state index in [4.69, 9.17) is 11.6 Å². The topological polar surface area (TPSA) is 68.0 Å². The van der Waals surface area contributed by atoms with E-state index in [0.29, 0.717) is 23.1 Å². The molecular weight excluding hydrogens is 326 g/mol. The van der Waals surface area contributed by atoms with Gasteiger partial charge in [0.15, 0.2) is 5.69 Å². The van der Waals surface area contributed by atoms with E-state index < -0.39 is 5.97 Å². The highest BCUT2D eigenvalue weighted by molar-refractivity contribution is 6.31. The number of aryl methyl sites for hydroxylation is 2. The lowest BCUT2D eigenvalue weighted by Gasteiger charge is -2.12. The molecule has 0 bridgehead atoms. The van der Waals surface area contributed by atoms with Gasteiger partial charge in [0.1, 0.15) is 5.82 Å². The summed E-state index contributed by atoms with van der Waals surface area (Å²) in [6.07, 6.45) is 3.33. The summed E-state index contributed by atoms with van der Waals surface area (Å²) in [5.41, 5.74) is 3.29. The van der Waals surface area contributed by atoms with Gasteiger partial charge in [-0.15, -0.1) is 0 Å². The number of carbonyl (C=O) groups is 1. The summed E-state index contributed by atoms with van der Waals surface area (Å²) in [7, 11) is 0. The molecule has 0 saturated carbocycles. The maximum absolute atomic E-state index is 11.7. The highest BCUT2D eigenvalue weighted by atomic mass is 35.5. The number of hydrogen-bond acceptors (Lipinski definition) is 3. The van der Waals surface area contributed by atoms with Gasteiger partial charge < -0.3 is 9.67 Å². The Bertz CT molecular complexity index is 904. The zero-order valence-corrected chi connectivity index (χ0v) is 14.1. The number of pyridine rings is 1. The van der Waals surface area contributed by atoms with Crippen molar-refractivity contribution in [3.05, 3.63) is 70.3 Å². The summed E-state index contributed by atoms with van der Waals surface area (Å²) >= 11 is 6.29. The number of hydrogen-bond donors (Lipinski definition) is 1. The standard InChI is InChI=1S/C18H16ClN3O2/c1-11-5-6-15(19)14(8-11)10-22-16(18(23)24)12(2)21-17(22)13-4-3-7-20-9-13/h3-9H,10H2,1-2H3,(H,23,24). The maximum Gasteiger partial charge on any atom is 0.354 e. The molecule has 0 aliphatic heterocycles. The molecule has 0 aliphatic carbocycles. The molecule has 0 spiro atoms. The molecule has 0 aliphatic rings. The molecule has 24 heavy (non-hydrogen) atoms. The average Bonchev–Trinajstić information content (AvgIpc) is 2.88. The molecule has 3 rings (SSSR count). The van der Waals surface area contributed by atoms with Crippen molar-refractivity contribution in [1.29, 1.82) is 0 Å². The molecule has 0 radical (unpaired) electrons. The predicted octanol–water partition coefficient (Wildman–Crippen LogP) is 3.96. The second kappa shape index (κ2) is 6.45. The van der Waals surface area contributed by atoms with Crippen molar-refractivity contribution >= 4 is 17.6 Å². The molecule has 0 unspecified atom stereocenters. The van der Waals surface area contributed by atoms with Gasteiger partial charge >= 0.3 is 5.97 Å².